The Morgan fingerprint density at radius 1 is 0.733 bits per heavy atom. The highest BCUT2D eigenvalue weighted by molar-refractivity contribution is 5.30. The summed E-state index contributed by atoms with van der Waals surface area (Å²) in [6, 6.07) is 11.1. The van der Waals surface area contributed by atoms with Crippen LogP contribution in [-0.2, 0) is 0 Å². The SMILES string of the molecule is CC(C)C1CC(c2ccc(C3CC(C)(C)NC(C)(C(C)C)C3)cc2)CC(C(C)C)N1. The molecule has 2 aliphatic rings. The fourth-order valence-electron chi connectivity index (χ4n) is 6.05. The maximum atomic E-state index is 3.96. The number of nitrogens with one attached hydrogen (secondary N) is 2. The number of hydrogen-bond donors (Lipinski definition) is 2. The quantitative estimate of drug-likeness (QED) is 0.552. The van der Waals surface area contributed by atoms with E-state index in [0.717, 1.165) is 0 Å². The highest BCUT2D eigenvalue weighted by Crippen LogP contribution is 2.43. The third-order valence-electron chi connectivity index (χ3n) is 8.32. The molecular formula is C28H48N2. The van der Waals surface area contributed by atoms with E-state index in [1.807, 2.05) is 0 Å². The van der Waals surface area contributed by atoms with E-state index in [2.05, 4.69) is 97.2 Å². The first-order valence-corrected chi connectivity index (χ1v) is 12.6. The van der Waals surface area contributed by atoms with Crippen LogP contribution in [0.15, 0.2) is 24.3 Å². The fraction of sp³-hybridized carbons (Fsp3) is 0.786. The maximum absolute atomic E-state index is 3.96. The minimum Gasteiger partial charge on any atom is -0.311 e. The molecule has 0 spiro atoms. The monoisotopic (exact) mass is 412 g/mol. The predicted molar refractivity (Wildman–Crippen MR) is 131 cm³/mol. The maximum Gasteiger partial charge on any atom is 0.0187 e. The third kappa shape index (κ3) is 5.30. The lowest BCUT2D eigenvalue weighted by atomic mass is 9.68. The molecule has 0 bridgehead atoms. The van der Waals surface area contributed by atoms with Gasteiger partial charge in [0, 0.05) is 23.2 Å². The standard InChI is InChI=1S/C28H48N2/c1-18(2)25-14-23(15-26(29-25)19(3)4)21-10-12-22(13-11-21)24-16-27(7,8)30-28(9,17-24)20(5)6/h10-13,18-20,23-26,29-30H,14-17H2,1-9H3. The Morgan fingerprint density at radius 2 is 1.20 bits per heavy atom. The van der Waals surface area contributed by atoms with Crippen molar-refractivity contribution in [2.75, 3.05) is 0 Å². The molecule has 4 unspecified atom stereocenters. The van der Waals surface area contributed by atoms with Crippen molar-refractivity contribution < 1.29 is 0 Å². The zero-order chi connectivity index (χ0) is 22.3. The van der Waals surface area contributed by atoms with E-state index in [1.165, 1.54) is 31.2 Å². The number of hydrogen-bond acceptors (Lipinski definition) is 2. The molecule has 0 aliphatic carbocycles. The molecule has 0 radical (unpaired) electrons. The third-order valence-corrected chi connectivity index (χ3v) is 8.32. The number of benzene rings is 1. The van der Waals surface area contributed by atoms with Gasteiger partial charge in [0.15, 0.2) is 0 Å². The zero-order valence-electron chi connectivity index (χ0n) is 21.2. The lowest BCUT2D eigenvalue weighted by Crippen LogP contribution is -2.61. The van der Waals surface area contributed by atoms with Gasteiger partial charge in [-0.25, -0.2) is 0 Å². The van der Waals surface area contributed by atoms with Crippen molar-refractivity contribution in [3.05, 3.63) is 35.4 Å². The van der Waals surface area contributed by atoms with E-state index in [4.69, 9.17) is 0 Å². The van der Waals surface area contributed by atoms with Gasteiger partial charge in [-0.2, -0.15) is 0 Å². The van der Waals surface area contributed by atoms with Crippen molar-refractivity contribution in [2.45, 2.75) is 123 Å². The summed E-state index contributed by atoms with van der Waals surface area (Å²) in [5.74, 6) is 3.35. The summed E-state index contributed by atoms with van der Waals surface area (Å²) in [6.45, 7) is 21.4. The van der Waals surface area contributed by atoms with Gasteiger partial charge in [-0.3, -0.25) is 0 Å². The molecule has 2 heterocycles. The van der Waals surface area contributed by atoms with Crippen LogP contribution in [0.4, 0.5) is 0 Å². The van der Waals surface area contributed by atoms with Crippen molar-refractivity contribution >= 4 is 0 Å². The van der Waals surface area contributed by atoms with Crippen molar-refractivity contribution in [3.8, 4) is 0 Å². The summed E-state index contributed by atoms with van der Waals surface area (Å²) in [5, 5.41) is 7.89. The summed E-state index contributed by atoms with van der Waals surface area (Å²) in [6.07, 6.45) is 4.98. The van der Waals surface area contributed by atoms with Crippen molar-refractivity contribution in [1.82, 2.24) is 10.6 Å². The van der Waals surface area contributed by atoms with Crippen LogP contribution in [0.2, 0.25) is 0 Å². The Kier molecular flexibility index (Phi) is 7.09. The number of piperidine rings is 2. The summed E-state index contributed by atoms with van der Waals surface area (Å²) in [5.41, 5.74) is 3.48. The summed E-state index contributed by atoms with van der Waals surface area (Å²) in [4.78, 5) is 0. The van der Waals surface area contributed by atoms with Gasteiger partial charge in [0.2, 0.25) is 0 Å². The molecule has 2 nitrogen and oxygen atoms in total. The molecule has 2 saturated heterocycles. The van der Waals surface area contributed by atoms with Gasteiger partial charge in [-0.15, -0.1) is 0 Å². The van der Waals surface area contributed by atoms with Crippen LogP contribution in [-0.4, -0.2) is 23.2 Å². The Balaban J connectivity index is 1.78. The van der Waals surface area contributed by atoms with Crippen LogP contribution in [0.5, 0.6) is 0 Å². The first-order chi connectivity index (χ1) is 13.9. The van der Waals surface area contributed by atoms with E-state index in [1.54, 1.807) is 5.56 Å². The molecule has 1 aromatic rings. The molecular weight excluding hydrogens is 364 g/mol. The Bertz CT molecular complexity index is 671. The summed E-state index contributed by atoms with van der Waals surface area (Å²) >= 11 is 0. The first-order valence-electron chi connectivity index (χ1n) is 12.6. The number of rotatable bonds is 5. The lowest BCUT2D eigenvalue weighted by Gasteiger charge is -2.50. The van der Waals surface area contributed by atoms with Crippen LogP contribution >= 0.6 is 0 Å². The molecule has 2 N–H and O–H groups in total. The van der Waals surface area contributed by atoms with E-state index in [9.17, 15) is 0 Å². The molecule has 2 fully saturated rings. The molecule has 170 valence electrons. The highest BCUT2D eigenvalue weighted by Gasteiger charge is 2.42. The zero-order valence-corrected chi connectivity index (χ0v) is 21.2. The molecule has 0 saturated carbocycles. The average Bonchev–Trinajstić information content (AvgIpc) is 2.66. The topological polar surface area (TPSA) is 24.1 Å². The van der Waals surface area contributed by atoms with Gasteiger partial charge >= 0.3 is 0 Å². The predicted octanol–water partition coefficient (Wildman–Crippen LogP) is 6.86. The Hall–Kier alpha value is -0.860. The van der Waals surface area contributed by atoms with Gasteiger partial charge in [0.1, 0.15) is 0 Å². The molecule has 3 rings (SSSR count). The minimum absolute atomic E-state index is 0.185. The second-order valence-corrected chi connectivity index (χ2v) is 12.4. The average molecular weight is 413 g/mol. The van der Waals surface area contributed by atoms with Crippen molar-refractivity contribution in [2.24, 2.45) is 17.8 Å². The highest BCUT2D eigenvalue weighted by atomic mass is 15.1. The second-order valence-electron chi connectivity index (χ2n) is 12.4. The molecule has 2 heteroatoms. The summed E-state index contributed by atoms with van der Waals surface area (Å²) in [7, 11) is 0. The van der Waals surface area contributed by atoms with Crippen LogP contribution in [0, 0.1) is 17.8 Å². The van der Waals surface area contributed by atoms with E-state index in [-0.39, 0.29) is 11.1 Å². The van der Waals surface area contributed by atoms with Gasteiger partial charge in [-0.05, 0) is 87.2 Å². The van der Waals surface area contributed by atoms with Gasteiger partial charge < -0.3 is 10.6 Å². The fourth-order valence-corrected chi connectivity index (χ4v) is 6.05. The molecule has 0 aromatic heterocycles. The van der Waals surface area contributed by atoms with Crippen molar-refractivity contribution in [3.63, 3.8) is 0 Å². The van der Waals surface area contributed by atoms with Crippen LogP contribution in [0.3, 0.4) is 0 Å². The molecule has 4 atom stereocenters. The first kappa shape index (κ1) is 23.8. The van der Waals surface area contributed by atoms with Gasteiger partial charge in [0.25, 0.3) is 0 Å². The summed E-state index contributed by atoms with van der Waals surface area (Å²) < 4.78 is 0. The minimum atomic E-state index is 0.185. The Labute approximate surface area is 187 Å². The molecule has 1 aromatic carbocycles. The van der Waals surface area contributed by atoms with Crippen LogP contribution < -0.4 is 10.6 Å². The normalized spacial score (nSPS) is 34.7. The van der Waals surface area contributed by atoms with E-state index >= 15 is 0 Å². The van der Waals surface area contributed by atoms with Crippen molar-refractivity contribution in [1.29, 1.82) is 0 Å². The Morgan fingerprint density at radius 3 is 1.63 bits per heavy atom. The molecule has 0 amide bonds. The largest absolute Gasteiger partial charge is 0.311 e. The lowest BCUT2D eigenvalue weighted by molar-refractivity contribution is 0.108. The second kappa shape index (κ2) is 8.94. The molecule has 30 heavy (non-hydrogen) atoms. The molecule has 2 aliphatic heterocycles. The van der Waals surface area contributed by atoms with E-state index in [0.29, 0.717) is 41.7 Å². The smallest absolute Gasteiger partial charge is 0.0187 e. The van der Waals surface area contributed by atoms with Crippen LogP contribution in [0.1, 0.15) is 111 Å². The van der Waals surface area contributed by atoms with Gasteiger partial charge in [0.05, 0.1) is 0 Å². The van der Waals surface area contributed by atoms with Gasteiger partial charge in [-0.1, -0.05) is 65.8 Å². The van der Waals surface area contributed by atoms with Crippen LogP contribution in [0.25, 0.3) is 0 Å². The van der Waals surface area contributed by atoms with E-state index < -0.39 is 0 Å².